The number of nitrogens with two attached hydrogens (primary N) is 1. The number of carbonyl (C=O) groups excluding carboxylic acids is 1. The lowest BCUT2D eigenvalue weighted by atomic mass is 9.84. The van der Waals surface area contributed by atoms with Gasteiger partial charge in [-0.25, -0.2) is 28.0 Å². The van der Waals surface area contributed by atoms with Crippen molar-refractivity contribution in [2.75, 3.05) is 26.4 Å². The van der Waals surface area contributed by atoms with Gasteiger partial charge in [0.2, 0.25) is 0 Å². The number of hydroxylamine groups is 2. The van der Waals surface area contributed by atoms with Crippen LogP contribution in [0, 0.1) is 17.0 Å². The molecule has 2 aromatic carbocycles. The minimum atomic E-state index is -0.735. The maximum atomic E-state index is 14.8. The number of benzene rings is 2. The molecule has 1 aliphatic rings. The molecular weight excluding hydrogens is 507 g/mol. The summed E-state index contributed by atoms with van der Waals surface area (Å²) in [7, 11) is 0. The summed E-state index contributed by atoms with van der Waals surface area (Å²) < 4.78 is 44.2. The standard InChI is InChI=1S/C29H36F3N5O2/c1-29(2,3)26(36(14-12-22(33)17-30)28(38)37-13-7-15-39-37)27-34-25(23-16-21(31)10-11-24(23)32)19-35(27)18-20-8-5-4-6-9-20/h4-6,8-11,16,19,22,26H,7,12-15,17-18,33H2,1-3H3/t22-,26-/m0/s1. The molecule has 0 saturated carbocycles. The van der Waals surface area contributed by atoms with Crippen LogP contribution in [0.15, 0.2) is 54.7 Å². The van der Waals surface area contributed by atoms with Crippen molar-refractivity contribution in [1.82, 2.24) is 19.5 Å². The van der Waals surface area contributed by atoms with Crippen LogP contribution in [-0.2, 0) is 11.4 Å². The van der Waals surface area contributed by atoms with E-state index in [0.29, 0.717) is 31.9 Å². The topological polar surface area (TPSA) is 76.6 Å². The molecule has 0 radical (unpaired) electrons. The Balaban J connectivity index is 1.86. The molecule has 7 nitrogen and oxygen atoms in total. The Morgan fingerprint density at radius 1 is 1.18 bits per heavy atom. The monoisotopic (exact) mass is 543 g/mol. The number of aromatic nitrogens is 2. The molecule has 10 heteroatoms. The van der Waals surface area contributed by atoms with Gasteiger partial charge in [-0.05, 0) is 42.0 Å². The molecule has 2 amide bonds. The third kappa shape index (κ3) is 6.80. The first kappa shape index (κ1) is 28.6. The number of amides is 2. The van der Waals surface area contributed by atoms with Crippen molar-refractivity contribution in [2.45, 2.75) is 52.2 Å². The third-order valence-corrected chi connectivity index (χ3v) is 6.73. The molecule has 210 valence electrons. The fourth-order valence-electron chi connectivity index (χ4n) is 4.83. The average molecular weight is 544 g/mol. The summed E-state index contributed by atoms with van der Waals surface area (Å²) in [4.78, 5) is 25.8. The van der Waals surface area contributed by atoms with Crippen molar-refractivity contribution in [3.63, 3.8) is 0 Å². The predicted octanol–water partition coefficient (Wildman–Crippen LogP) is 5.71. The molecule has 0 bridgehead atoms. The van der Waals surface area contributed by atoms with E-state index in [-0.39, 0.29) is 30.3 Å². The van der Waals surface area contributed by atoms with Crippen molar-refractivity contribution in [3.8, 4) is 11.3 Å². The molecule has 0 aliphatic carbocycles. The van der Waals surface area contributed by atoms with E-state index < -0.39 is 35.8 Å². The molecular formula is C29H36F3N5O2. The lowest BCUT2D eigenvalue weighted by Gasteiger charge is -2.41. The van der Waals surface area contributed by atoms with Crippen LogP contribution in [0.1, 0.15) is 51.0 Å². The quantitative estimate of drug-likeness (QED) is 0.375. The first-order chi connectivity index (χ1) is 18.6. The highest BCUT2D eigenvalue weighted by atomic mass is 19.1. The lowest BCUT2D eigenvalue weighted by molar-refractivity contribution is -0.0847. The molecule has 1 aromatic heterocycles. The Kier molecular flexibility index (Phi) is 8.97. The second-order valence-corrected chi connectivity index (χ2v) is 11.0. The molecule has 1 aliphatic heterocycles. The molecule has 39 heavy (non-hydrogen) atoms. The number of alkyl halides is 1. The van der Waals surface area contributed by atoms with Gasteiger partial charge < -0.3 is 15.2 Å². The van der Waals surface area contributed by atoms with Crippen LogP contribution in [0.3, 0.4) is 0 Å². The summed E-state index contributed by atoms with van der Waals surface area (Å²) in [6.45, 7) is 6.61. The highest BCUT2D eigenvalue weighted by Crippen LogP contribution is 2.40. The van der Waals surface area contributed by atoms with Gasteiger partial charge in [0.25, 0.3) is 0 Å². The van der Waals surface area contributed by atoms with Gasteiger partial charge >= 0.3 is 6.03 Å². The van der Waals surface area contributed by atoms with Crippen LogP contribution in [0.4, 0.5) is 18.0 Å². The fraction of sp³-hybridized carbons (Fsp3) is 0.448. The van der Waals surface area contributed by atoms with Crippen molar-refractivity contribution in [1.29, 1.82) is 0 Å². The van der Waals surface area contributed by atoms with Crippen LogP contribution < -0.4 is 5.73 Å². The molecule has 0 spiro atoms. The lowest BCUT2D eigenvalue weighted by Crippen LogP contribution is -2.49. The van der Waals surface area contributed by atoms with Crippen molar-refractivity contribution < 1.29 is 22.8 Å². The first-order valence-corrected chi connectivity index (χ1v) is 13.2. The largest absolute Gasteiger partial charge is 0.344 e. The van der Waals surface area contributed by atoms with Crippen LogP contribution >= 0.6 is 0 Å². The first-order valence-electron chi connectivity index (χ1n) is 13.2. The summed E-state index contributed by atoms with van der Waals surface area (Å²) in [5.41, 5.74) is 6.59. The van der Waals surface area contributed by atoms with Crippen LogP contribution in [0.25, 0.3) is 11.3 Å². The van der Waals surface area contributed by atoms with Crippen LogP contribution in [-0.4, -0.2) is 58.0 Å². The minimum Gasteiger partial charge on any atom is -0.328 e. The van der Waals surface area contributed by atoms with Gasteiger partial charge in [0.1, 0.15) is 24.1 Å². The summed E-state index contributed by atoms with van der Waals surface area (Å²) in [6.07, 6.45) is 2.62. The Labute approximate surface area is 227 Å². The highest BCUT2D eigenvalue weighted by Gasteiger charge is 2.41. The Morgan fingerprint density at radius 2 is 1.92 bits per heavy atom. The van der Waals surface area contributed by atoms with Gasteiger partial charge in [-0.3, -0.25) is 4.84 Å². The minimum absolute atomic E-state index is 0.0240. The van der Waals surface area contributed by atoms with E-state index in [1.807, 2.05) is 55.7 Å². The van der Waals surface area contributed by atoms with E-state index >= 15 is 0 Å². The van der Waals surface area contributed by atoms with Crippen molar-refractivity contribution in [3.05, 3.63) is 77.8 Å². The summed E-state index contributed by atoms with van der Waals surface area (Å²) >= 11 is 0. The Hall–Kier alpha value is -3.37. The zero-order valence-electron chi connectivity index (χ0n) is 22.6. The van der Waals surface area contributed by atoms with Crippen molar-refractivity contribution in [2.24, 2.45) is 11.1 Å². The molecule has 0 unspecified atom stereocenters. The SMILES string of the molecule is CC(C)(C)[C@H](c1nc(-c2cc(F)ccc2F)cn1Cc1ccccc1)N(CC[C@H](N)CF)C(=O)N1CCCO1. The molecule has 1 fully saturated rings. The van der Waals surface area contributed by atoms with Gasteiger partial charge in [0, 0.05) is 30.9 Å². The smallest absolute Gasteiger partial charge is 0.328 e. The van der Waals surface area contributed by atoms with E-state index in [1.54, 1.807) is 11.1 Å². The number of carbonyl (C=O) groups is 1. The molecule has 2 N–H and O–H groups in total. The van der Waals surface area contributed by atoms with Gasteiger partial charge in [0.05, 0.1) is 24.9 Å². The van der Waals surface area contributed by atoms with Crippen LogP contribution in [0.2, 0.25) is 0 Å². The van der Waals surface area contributed by atoms with Gasteiger partial charge in [-0.1, -0.05) is 51.1 Å². The fourth-order valence-corrected chi connectivity index (χ4v) is 4.83. The molecule has 1 saturated heterocycles. The maximum absolute atomic E-state index is 14.8. The third-order valence-electron chi connectivity index (χ3n) is 6.73. The van der Waals surface area contributed by atoms with E-state index in [4.69, 9.17) is 15.6 Å². The number of urea groups is 1. The summed E-state index contributed by atoms with van der Waals surface area (Å²) in [5.74, 6) is -0.695. The zero-order chi connectivity index (χ0) is 28.2. The zero-order valence-corrected chi connectivity index (χ0v) is 22.6. The van der Waals surface area contributed by atoms with E-state index in [1.165, 1.54) is 5.06 Å². The van der Waals surface area contributed by atoms with Crippen molar-refractivity contribution >= 4 is 6.03 Å². The molecule has 4 rings (SSSR count). The molecule has 3 aromatic rings. The second kappa shape index (κ2) is 12.2. The number of nitrogens with zero attached hydrogens (tertiary/aromatic N) is 4. The Morgan fingerprint density at radius 3 is 2.56 bits per heavy atom. The van der Waals surface area contributed by atoms with Gasteiger partial charge in [0.15, 0.2) is 0 Å². The number of rotatable bonds is 9. The average Bonchev–Trinajstić information content (AvgIpc) is 3.58. The number of hydrogen-bond acceptors (Lipinski definition) is 4. The second-order valence-electron chi connectivity index (χ2n) is 11.0. The molecule has 2 atom stereocenters. The summed E-state index contributed by atoms with van der Waals surface area (Å²) in [6, 6.07) is 11.2. The van der Waals surface area contributed by atoms with E-state index in [2.05, 4.69) is 0 Å². The number of imidazole rings is 1. The number of halogens is 3. The maximum Gasteiger partial charge on any atom is 0.344 e. The van der Waals surface area contributed by atoms with Gasteiger partial charge in [-0.2, -0.15) is 0 Å². The highest BCUT2D eigenvalue weighted by molar-refractivity contribution is 5.74. The Bertz CT molecular complexity index is 1260. The predicted molar refractivity (Wildman–Crippen MR) is 143 cm³/mol. The summed E-state index contributed by atoms with van der Waals surface area (Å²) in [5, 5.41) is 1.32. The van der Waals surface area contributed by atoms with Crippen LogP contribution in [0.5, 0.6) is 0 Å². The van der Waals surface area contributed by atoms with E-state index in [0.717, 1.165) is 23.8 Å². The number of hydrogen-bond donors (Lipinski definition) is 1. The normalized spacial score (nSPS) is 15.4. The molecule has 2 heterocycles. The van der Waals surface area contributed by atoms with Gasteiger partial charge in [-0.15, -0.1) is 0 Å². The van der Waals surface area contributed by atoms with E-state index in [9.17, 15) is 18.0 Å².